The van der Waals surface area contributed by atoms with Crippen molar-refractivity contribution in [3.63, 3.8) is 0 Å². The van der Waals surface area contributed by atoms with Gasteiger partial charge in [-0.05, 0) is 36.4 Å². The van der Waals surface area contributed by atoms with Crippen LogP contribution in [0.25, 0.3) is 10.8 Å². The van der Waals surface area contributed by atoms with Crippen LogP contribution < -0.4 is 9.47 Å². The van der Waals surface area contributed by atoms with E-state index in [-0.39, 0.29) is 11.1 Å². The van der Waals surface area contributed by atoms with Gasteiger partial charge in [0.25, 0.3) is 0 Å². The third kappa shape index (κ3) is 2.54. The summed E-state index contributed by atoms with van der Waals surface area (Å²) in [6.45, 7) is 0.643. The van der Waals surface area contributed by atoms with Crippen LogP contribution in [0.15, 0.2) is 36.4 Å². The molecule has 7 nitrogen and oxygen atoms in total. The molecule has 0 unspecified atom stereocenters. The molecule has 0 fully saturated rings. The van der Waals surface area contributed by atoms with E-state index in [2.05, 4.69) is 4.98 Å². The van der Waals surface area contributed by atoms with Crippen molar-refractivity contribution in [2.45, 2.75) is 6.42 Å². The molecule has 0 aliphatic carbocycles. The van der Waals surface area contributed by atoms with Crippen molar-refractivity contribution < 1.29 is 24.5 Å². The highest BCUT2D eigenvalue weighted by molar-refractivity contribution is 6.00. The molecule has 4 rings (SSSR count). The minimum absolute atomic E-state index is 0.0728. The minimum atomic E-state index is -1.41. The number of fused-ring (bicyclic) bond motifs is 2. The lowest BCUT2D eigenvalue weighted by Crippen LogP contribution is -2.03. The van der Waals surface area contributed by atoms with Gasteiger partial charge in [-0.2, -0.15) is 5.26 Å². The second kappa shape index (κ2) is 5.93. The van der Waals surface area contributed by atoms with Gasteiger partial charge < -0.3 is 19.7 Å². The molecular formula is C19H12N2O5. The summed E-state index contributed by atoms with van der Waals surface area (Å²) in [6.07, 6.45) is 0.810. The largest absolute Gasteiger partial charge is 0.505 e. The molecule has 7 heteroatoms. The van der Waals surface area contributed by atoms with Crippen molar-refractivity contribution in [3.8, 4) is 29.1 Å². The number of nitriles is 1. The van der Waals surface area contributed by atoms with E-state index >= 15 is 0 Å². The van der Waals surface area contributed by atoms with E-state index < -0.39 is 17.4 Å². The van der Waals surface area contributed by atoms with Crippen LogP contribution >= 0.6 is 0 Å². The number of aromatic carboxylic acids is 1. The zero-order valence-electron chi connectivity index (χ0n) is 13.4. The first-order chi connectivity index (χ1) is 12.6. The lowest BCUT2D eigenvalue weighted by Gasteiger charge is -2.10. The molecule has 2 heterocycles. The number of nitrogens with zero attached hydrogens (tertiary/aromatic N) is 2. The molecule has 2 N–H and O–H groups in total. The monoisotopic (exact) mass is 348 g/mol. The van der Waals surface area contributed by atoms with Crippen LogP contribution in [0.1, 0.15) is 21.7 Å². The second-order valence-corrected chi connectivity index (χ2v) is 5.75. The first-order valence-electron chi connectivity index (χ1n) is 7.80. The predicted octanol–water partition coefficient (Wildman–Crippen LogP) is 3.24. The van der Waals surface area contributed by atoms with Gasteiger partial charge in [-0.15, -0.1) is 0 Å². The molecule has 0 atom stereocenters. The molecule has 0 saturated heterocycles. The van der Waals surface area contributed by atoms with Gasteiger partial charge in [0.05, 0.1) is 6.61 Å². The highest BCUT2D eigenvalue weighted by atomic mass is 16.5. The molecule has 0 spiro atoms. The van der Waals surface area contributed by atoms with E-state index in [1.165, 1.54) is 6.07 Å². The Morgan fingerprint density at radius 3 is 2.73 bits per heavy atom. The second-order valence-electron chi connectivity index (χ2n) is 5.75. The summed E-state index contributed by atoms with van der Waals surface area (Å²) in [5.41, 5.74) is 0.410. The number of hydrogen-bond donors (Lipinski definition) is 2. The number of carboxylic acid groups (broad SMARTS) is 1. The number of pyridine rings is 1. The Kier molecular flexibility index (Phi) is 3.59. The molecular weight excluding hydrogens is 336 g/mol. The average Bonchev–Trinajstić information content (AvgIpc) is 3.10. The number of benzene rings is 2. The van der Waals surface area contributed by atoms with Crippen LogP contribution in [0.3, 0.4) is 0 Å². The number of aromatic nitrogens is 1. The van der Waals surface area contributed by atoms with Gasteiger partial charge >= 0.3 is 5.97 Å². The first kappa shape index (κ1) is 15.7. The van der Waals surface area contributed by atoms with Crippen molar-refractivity contribution in [2.75, 3.05) is 6.61 Å². The zero-order chi connectivity index (χ0) is 18.3. The Labute approximate surface area is 147 Å². The summed E-state index contributed by atoms with van der Waals surface area (Å²) in [6, 6.07) is 12.0. The lowest BCUT2D eigenvalue weighted by atomic mass is 10.1. The Morgan fingerprint density at radius 2 is 1.96 bits per heavy atom. The van der Waals surface area contributed by atoms with Crippen LogP contribution in [0, 0.1) is 11.3 Å². The fraction of sp³-hybridized carbons (Fsp3) is 0.105. The summed E-state index contributed by atoms with van der Waals surface area (Å²) >= 11 is 0. The van der Waals surface area contributed by atoms with Crippen LogP contribution in [-0.2, 0) is 6.42 Å². The summed E-state index contributed by atoms with van der Waals surface area (Å²) in [5.74, 6) is -0.0753. The van der Waals surface area contributed by atoms with Crippen LogP contribution in [0.2, 0.25) is 0 Å². The van der Waals surface area contributed by atoms with Crippen molar-refractivity contribution in [2.24, 2.45) is 0 Å². The quantitative estimate of drug-likeness (QED) is 0.747. The standard InChI is InChI=1S/C19H12N2O5/c20-9-15-13-3-1-12(8-14(13)18(22)17(21-15)19(23)24)26-11-2-4-16-10(7-11)5-6-25-16/h1-4,7-8,22H,5-6H2,(H,23,24). The highest BCUT2D eigenvalue weighted by Crippen LogP contribution is 2.35. The zero-order valence-corrected chi connectivity index (χ0v) is 13.4. The fourth-order valence-electron chi connectivity index (χ4n) is 2.94. The Morgan fingerprint density at radius 1 is 1.19 bits per heavy atom. The number of carbonyl (C=O) groups is 1. The predicted molar refractivity (Wildman–Crippen MR) is 90.8 cm³/mol. The van der Waals surface area contributed by atoms with Crippen molar-refractivity contribution in [1.82, 2.24) is 4.98 Å². The first-order valence-corrected chi connectivity index (χ1v) is 7.80. The molecule has 0 saturated carbocycles. The van der Waals surface area contributed by atoms with Crippen LogP contribution in [0.4, 0.5) is 0 Å². The van der Waals surface area contributed by atoms with Crippen molar-refractivity contribution in [3.05, 3.63) is 53.3 Å². The average molecular weight is 348 g/mol. The van der Waals surface area contributed by atoms with Gasteiger partial charge in [-0.1, -0.05) is 0 Å². The molecule has 1 aliphatic heterocycles. The van der Waals surface area contributed by atoms with E-state index in [1.54, 1.807) is 18.2 Å². The number of hydrogen-bond acceptors (Lipinski definition) is 6. The van der Waals surface area contributed by atoms with Gasteiger partial charge in [-0.25, -0.2) is 9.78 Å². The van der Waals surface area contributed by atoms with Crippen molar-refractivity contribution in [1.29, 1.82) is 5.26 Å². The van der Waals surface area contributed by atoms with E-state index in [9.17, 15) is 15.2 Å². The third-order valence-corrected chi connectivity index (χ3v) is 4.15. The van der Waals surface area contributed by atoms with Gasteiger partial charge in [0, 0.05) is 22.8 Å². The van der Waals surface area contributed by atoms with Gasteiger partial charge in [0.1, 0.15) is 29.0 Å². The smallest absolute Gasteiger partial charge is 0.358 e. The number of carboxylic acids is 1. The molecule has 3 aromatic rings. The molecule has 1 aromatic heterocycles. The molecule has 1 aliphatic rings. The Bertz CT molecular complexity index is 1100. The Balaban J connectivity index is 1.78. The maximum absolute atomic E-state index is 11.2. The van der Waals surface area contributed by atoms with Crippen LogP contribution in [0.5, 0.6) is 23.0 Å². The van der Waals surface area contributed by atoms with Crippen LogP contribution in [-0.4, -0.2) is 27.8 Å². The summed E-state index contributed by atoms with van der Waals surface area (Å²) in [7, 11) is 0. The normalized spacial score (nSPS) is 12.3. The molecule has 26 heavy (non-hydrogen) atoms. The minimum Gasteiger partial charge on any atom is -0.505 e. The third-order valence-electron chi connectivity index (χ3n) is 4.15. The fourth-order valence-corrected chi connectivity index (χ4v) is 2.94. The van der Waals surface area contributed by atoms with E-state index in [4.69, 9.17) is 14.6 Å². The molecule has 0 bridgehead atoms. The highest BCUT2D eigenvalue weighted by Gasteiger charge is 2.19. The SMILES string of the molecule is N#Cc1nc(C(=O)O)c(O)c2cc(Oc3ccc4c(c3)CCO4)ccc12. The summed E-state index contributed by atoms with van der Waals surface area (Å²) in [5, 5.41) is 29.1. The summed E-state index contributed by atoms with van der Waals surface area (Å²) < 4.78 is 11.3. The van der Waals surface area contributed by atoms with Gasteiger partial charge in [0.15, 0.2) is 11.4 Å². The Hall–Kier alpha value is -3.79. The van der Waals surface area contributed by atoms with Crippen molar-refractivity contribution >= 4 is 16.7 Å². The lowest BCUT2D eigenvalue weighted by molar-refractivity contribution is 0.0687. The van der Waals surface area contributed by atoms with E-state index in [0.717, 1.165) is 17.7 Å². The number of ether oxygens (including phenoxy) is 2. The molecule has 0 radical (unpaired) electrons. The maximum atomic E-state index is 11.2. The van der Waals surface area contributed by atoms with E-state index in [1.807, 2.05) is 18.2 Å². The summed E-state index contributed by atoms with van der Waals surface area (Å²) in [4.78, 5) is 14.9. The number of aromatic hydroxyl groups is 1. The molecule has 128 valence electrons. The molecule has 2 aromatic carbocycles. The number of rotatable bonds is 3. The molecule has 0 amide bonds. The van der Waals surface area contributed by atoms with Gasteiger partial charge in [0.2, 0.25) is 0 Å². The van der Waals surface area contributed by atoms with Gasteiger partial charge in [-0.3, -0.25) is 0 Å². The topological polar surface area (TPSA) is 113 Å². The van der Waals surface area contributed by atoms with E-state index in [0.29, 0.717) is 23.5 Å². The maximum Gasteiger partial charge on any atom is 0.358 e.